The molecule has 4 rings (SSSR count). The molecule has 0 radical (unpaired) electrons. The molecule has 0 aromatic heterocycles. The van der Waals surface area contributed by atoms with Crippen LogP contribution in [0.25, 0.3) is 0 Å². The summed E-state index contributed by atoms with van der Waals surface area (Å²) in [7, 11) is 0. The first-order valence-electron chi connectivity index (χ1n) is 13.3. The molecule has 2 aliphatic carbocycles. The van der Waals surface area contributed by atoms with Gasteiger partial charge in [-0.2, -0.15) is 4.72 Å². The largest absolute Gasteiger partial charge is 0.593 e. The van der Waals surface area contributed by atoms with Crippen LogP contribution < -0.4 is 15.4 Å². The molecule has 200 valence electrons. The Labute approximate surface area is 216 Å². The first-order valence-corrected chi connectivity index (χ1v) is 14.6. The number of carbonyl (C=O) groups excluding carboxylic acids is 4. The van der Waals surface area contributed by atoms with Crippen molar-refractivity contribution in [3.63, 3.8) is 0 Å². The molecule has 0 aromatic rings. The highest BCUT2D eigenvalue weighted by atomic mass is 32.2. The van der Waals surface area contributed by atoms with Gasteiger partial charge in [-0.3, -0.25) is 19.2 Å². The highest BCUT2D eigenvalue weighted by Gasteiger charge is 2.62. The summed E-state index contributed by atoms with van der Waals surface area (Å²) in [5, 5.41) is 5.89. The topological polar surface area (TPSA) is 131 Å². The van der Waals surface area contributed by atoms with Crippen molar-refractivity contribution < 1.29 is 23.7 Å². The lowest BCUT2D eigenvalue weighted by molar-refractivity contribution is -0.143. The van der Waals surface area contributed by atoms with Crippen molar-refractivity contribution in [1.29, 1.82) is 0 Å². The maximum Gasteiger partial charge on any atom is 0.287 e. The van der Waals surface area contributed by atoms with Gasteiger partial charge in [0, 0.05) is 30.7 Å². The van der Waals surface area contributed by atoms with Crippen molar-refractivity contribution >= 4 is 35.0 Å². The Morgan fingerprint density at radius 2 is 1.86 bits per heavy atom. The summed E-state index contributed by atoms with van der Waals surface area (Å²) in [6, 6.07) is -1.38. The summed E-state index contributed by atoms with van der Waals surface area (Å²) >= 11 is -1.44. The second-order valence-electron chi connectivity index (χ2n) is 11.7. The van der Waals surface area contributed by atoms with E-state index in [1.807, 2.05) is 26.8 Å². The minimum atomic E-state index is -1.44. The molecule has 2 aliphatic heterocycles. The molecule has 2 heterocycles. The second-order valence-corrected chi connectivity index (χ2v) is 13.2. The molecule has 1 unspecified atom stereocenters. The molecule has 36 heavy (non-hydrogen) atoms. The number of nitrogens with one attached hydrogen (secondary N) is 3. The third-order valence-corrected chi connectivity index (χ3v) is 9.11. The average molecular weight is 521 g/mol. The number of hydrogen-bond donors (Lipinski definition) is 3. The molecule has 10 heteroatoms. The summed E-state index contributed by atoms with van der Waals surface area (Å²) in [4.78, 5) is 54.6. The van der Waals surface area contributed by atoms with Crippen LogP contribution in [-0.4, -0.2) is 62.5 Å². The fourth-order valence-corrected chi connectivity index (χ4v) is 6.11. The second kappa shape index (κ2) is 10.7. The molecular weight excluding hydrogens is 480 g/mol. The van der Waals surface area contributed by atoms with Gasteiger partial charge in [-0.15, -0.1) is 0 Å². The van der Waals surface area contributed by atoms with Gasteiger partial charge in [0.25, 0.3) is 5.91 Å². The molecule has 0 bridgehead atoms. The van der Waals surface area contributed by atoms with Gasteiger partial charge >= 0.3 is 0 Å². The first kappa shape index (κ1) is 27.0. The van der Waals surface area contributed by atoms with Gasteiger partial charge in [0.05, 0.1) is 11.4 Å². The molecule has 0 aromatic carbocycles. The summed E-state index contributed by atoms with van der Waals surface area (Å²) < 4.78 is 15.0. The number of nitrogens with zero attached hydrogens (tertiary/aromatic N) is 1. The van der Waals surface area contributed by atoms with Gasteiger partial charge < -0.3 is 20.1 Å². The van der Waals surface area contributed by atoms with E-state index in [0.717, 1.165) is 38.5 Å². The summed E-state index contributed by atoms with van der Waals surface area (Å²) in [5.41, 5.74) is -1.76. The van der Waals surface area contributed by atoms with Crippen molar-refractivity contribution in [2.75, 3.05) is 6.54 Å². The lowest BCUT2D eigenvalue weighted by Gasteiger charge is -2.31. The van der Waals surface area contributed by atoms with E-state index in [2.05, 4.69) is 21.4 Å². The quantitative estimate of drug-likeness (QED) is 0.385. The first-order chi connectivity index (χ1) is 17.0. The van der Waals surface area contributed by atoms with Gasteiger partial charge in [0.15, 0.2) is 0 Å². The Morgan fingerprint density at radius 1 is 1.11 bits per heavy atom. The Hall–Kier alpha value is -2.07. The summed E-state index contributed by atoms with van der Waals surface area (Å²) in [6.07, 6.45) is 11.3. The average Bonchev–Trinajstić information content (AvgIpc) is 3.72. The van der Waals surface area contributed by atoms with Crippen LogP contribution >= 0.6 is 0 Å². The maximum atomic E-state index is 13.6. The van der Waals surface area contributed by atoms with E-state index in [0.29, 0.717) is 32.2 Å². The third kappa shape index (κ3) is 6.07. The molecule has 5 atom stereocenters. The zero-order valence-electron chi connectivity index (χ0n) is 21.6. The molecule has 3 N–H and O–H groups in total. The van der Waals surface area contributed by atoms with E-state index in [1.54, 1.807) is 4.90 Å². The summed E-state index contributed by atoms with van der Waals surface area (Å²) in [6.45, 7) is 5.87. The lowest BCUT2D eigenvalue weighted by atomic mass is 9.94. The molecule has 4 aliphatic rings. The molecule has 0 spiro atoms. The van der Waals surface area contributed by atoms with Crippen LogP contribution in [0.1, 0.15) is 85.0 Å². The fourth-order valence-electron chi connectivity index (χ4n) is 5.02. The van der Waals surface area contributed by atoms with Crippen molar-refractivity contribution in [2.24, 2.45) is 11.3 Å². The van der Waals surface area contributed by atoms with Crippen molar-refractivity contribution in [1.82, 2.24) is 20.3 Å². The monoisotopic (exact) mass is 520 g/mol. The van der Waals surface area contributed by atoms with Crippen LogP contribution in [0.3, 0.4) is 0 Å². The predicted octanol–water partition coefficient (Wildman–Crippen LogP) is 1.85. The molecular formula is C26H40N4O5S. The fraction of sp³-hybridized carbons (Fsp3) is 0.769. The molecule has 9 nitrogen and oxygen atoms in total. The zero-order valence-corrected chi connectivity index (χ0v) is 22.5. The molecule has 2 saturated carbocycles. The molecule has 3 fully saturated rings. The zero-order chi connectivity index (χ0) is 26.1. The Bertz CT molecular complexity index is 915. The van der Waals surface area contributed by atoms with Crippen molar-refractivity contribution in [2.45, 2.75) is 108 Å². The van der Waals surface area contributed by atoms with Crippen LogP contribution in [0, 0.1) is 11.3 Å². The minimum Gasteiger partial charge on any atom is -0.593 e. The molecule has 1 saturated heterocycles. The normalized spacial score (nSPS) is 33.2. The number of carbonyl (C=O) groups is 4. The minimum absolute atomic E-state index is 0.000704. The highest BCUT2D eigenvalue weighted by molar-refractivity contribution is 7.90. The van der Waals surface area contributed by atoms with E-state index in [4.69, 9.17) is 0 Å². The highest BCUT2D eigenvalue weighted by Crippen LogP contribution is 2.46. The number of rotatable bonds is 4. The number of allylic oxidation sites excluding steroid dienone is 1. The van der Waals surface area contributed by atoms with Gasteiger partial charge in [0.1, 0.15) is 22.9 Å². The maximum absolute atomic E-state index is 13.6. The summed E-state index contributed by atoms with van der Waals surface area (Å²) in [5.74, 6) is -1.36. The van der Waals surface area contributed by atoms with Crippen molar-refractivity contribution in [3.8, 4) is 0 Å². The Balaban J connectivity index is 1.54. The van der Waals surface area contributed by atoms with Gasteiger partial charge in [-0.05, 0) is 38.5 Å². The number of fused-ring (bicyclic) bond motifs is 2. The SMILES string of the molecule is CC(C)(C)C(=O)N[C@H]1CCCCC/C=C\[C@@H]2C[C@@]2(C(=O)N[S+]([O-])C2CC2)NC(=O)[C@@H]2CCCN2C1=O. The van der Waals surface area contributed by atoms with E-state index >= 15 is 0 Å². The standard InChI is InChI=1S/C26H40N4O5S/c1-25(2,3)23(33)27-19-11-8-6-4-5-7-10-17-16-26(17,24(34)29-36(35)18-13-14-18)28-21(31)20-12-9-15-30(20)22(19)32/h7,10,17-20H,4-6,8-9,11-16H2,1-3H3,(H,27,33)(H,28,31)(H,29,34)/b10-7-/t17-,19+,20+,26-,36?/m1/s1. The lowest BCUT2D eigenvalue weighted by Crippen LogP contribution is -2.58. The Morgan fingerprint density at radius 3 is 2.56 bits per heavy atom. The van der Waals surface area contributed by atoms with Gasteiger partial charge in [-0.1, -0.05) is 45.8 Å². The van der Waals surface area contributed by atoms with Crippen LogP contribution in [-0.2, 0) is 30.5 Å². The predicted molar refractivity (Wildman–Crippen MR) is 137 cm³/mol. The smallest absolute Gasteiger partial charge is 0.287 e. The van der Waals surface area contributed by atoms with Gasteiger partial charge in [-0.25, -0.2) is 0 Å². The number of hydrogen-bond acceptors (Lipinski definition) is 5. The van der Waals surface area contributed by atoms with E-state index in [9.17, 15) is 23.7 Å². The van der Waals surface area contributed by atoms with Crippen LogP contribution in [0.5, 0.6) is 0 Å². The van der Waals surface area contributed by atoms with E-state index in [-0.39, 0.29) is 28.9 Å². The third-order valence-electron chi connectivity index (χ3n) is 7.64. The van der Waals surface area contributed by atoms with E-state index in [1.165, 1.54) is 0 Å². The Kier molecular flexibility index (Phi) is 8.04. The van der Waals surface area contributed by atoms with Crippen LogP contribution in [0.15, 0.2) is 12.2 Å². The number of amides is 4. The van der Waals surface area contributed by atoms with Gasteiger partial charge in [0.2, 0.25) is 17.7 Å². The van der Waals surface area contributed by atoms with Crippen LogP contribution in [0.2, 0.25) is 0 Å². The van der Waals surface area contributed by atoms with Crippen LogP contribution in [0.4, 0.5) is 0 Å². The van der Waals surface area contributed by atoms with Crippen molar-refractivity contribution in [3.05, 3.63) is 12.2 Å². The molecule has 4 amide bonds. The van der Waals surface area contributed by atoms with E-state index < -0.39 is 40.3 Å².